The van der Waals surface area contributed by atoms with Gasteiger partial charge < -0.3 is 14.5 Å². The third kappa shape index (κ3) is 5.26. The van der Waals surface area contributed by atoms with Gasteiger partial charge in [0.1, 0.15) is 18.4 Å². The number of rotatable bonds is 7. The van der Waals surface area contributed by atoms with Gasteiger partial charge in [0.25, 0.3) is 5.91 Å². The van der Waals surface area contributed by atoms with Crippen LogP contribution in [-0.4, -0.2) is 70.5 Å². The fraction of sp³-hybridized carbons (Fsp3) is 0.345. The molecule has 1 fully saturated rings. The van der Waals surface area contributed by atoms with E-state index in [2.05, 4.69) is 9.97 Å². The second-order valence-electron chi connectivity index (χ2n) is 10.5. The van der Waals surface area contributed by atoms with Crippen LogP contribution in [0.3, 0.4) is 0 Å². The number of amides is 3. The number of carbonyl (C=O) groups is 3. The predicted molar refractivity (Wildman–Crippen MR) is 142 cm³/mol. The number of fused-ring (bicyclic) bond motifs is 2. The van der Waals surface area contributed by atoms with Gasteiger partial charge in [-0.1, -0.05) is 30.3 Å². The zero-order valence-electron chi connectivity index (χ0n) is 23.0. The van der Waals surface area contributed by atoms with Crippen LogP contribution in [0.15, 0.2) is 54.9 Å². The van der Waals surface area contributed by atoms with Crippen LogP contribution in [0.1, 0.15) is 30.0 Å². The molecular weight excluding hydrogens is 558 g/mol. The highest BCUT2D eigenvalue weighted by atomic mass is 19.4. The molecule has 220 valence electrons. The second-order valence-corrected chi connectivity index (χ2v) is 10.5. The Bertz CT molecular complexity index is 1530. The lowest BCUT2D eigenvalue weighted by atomic mass is 9.93. The molecule has 5 rings (SSSR count). The number of alkyl halides is 3. The number of aryl methyl sites for hydroxylation is 1. The molecule has 1 aromatic heterocycles. The minimum absolute atomic E-state index is 0.120. The summed E-state index contributed by atoms with van der Waals surface area (Å²) < 4.78 is 59.9. The minimum atomic E-state index is -4.79. The maximum absolute atomic E-state index is 13.7. The monoisotopic (exact) mass is 585 g/mol. The van der Waals surface area contributed by atoms with Gasteiger partial charge in [0.15, 0.2) is 0 Å². The summed E-state index contributed by atoms with van der Waals surface area (Å²) in [6.45, 7) is -0.645. The van der Waals surface area contributed by atoms with Crippen LogP contribution < -0.4 is 4.90 Å². The van der Waals surface area contributed by atoms with Crippen molar-refractivity contribution < 1.29 is 36.7 Å². The van der Waals surface area contributed by atoms with Gasteiger partial charge in [-0.05, 0) is 42.2 Å². The number of ether oxygens (including phenoxy) is 1. The highest BCUT2D eigenvalue weighted by Gasteiger charge is 2.58. The Morgan fingerprint density at radius 3 is 2.36 bits per heavy atom. The molecule has 3 amide bonds. The van der Waals surface area contributed by atoms with Crippen molar-refractivity contribution in [3.63, 3.8) is 0 Å². The first-order chi connectivity index (χ1) is 19.8. The highest BCUT2D eigenvalue weighted by molar-refractivity contribution is 6.06. The molecule has 1 saturated heterocycles. The Morgan fingerprint density at radius 2 is 1.74 bits per heavy atom. The van der Waals surface area contributed by atoms with Gasteiger partial charge in [-0.15, -0.1) is 0 Å². The minimum Gasteiger partial charge on any atom is -0.427 e. The molecule has 1 aliphatic heterocycles. The van der Waals surface area contributed by atoms with Gasteiger partial charge in [-0.2, -0.15) is 13.2 Å². The molecule has 9 nitrogen and oxygen atoms in total. The molecular formula is C29H27F4N5O4. The van der Waals surface area contributed by atoms with Crippen LogP contribution >= 0.6 is 0 Å². The number of hydrogen-bond acceptors (Lipinski definition) is 7. The van der Waals surface area contributed by atoms with Gasteiger partial charge in [-0.25, -0.2) is 24.1 Å². The third-order valence-corrected chi connectivity index (χ3v) is 7.55. The van der Waals surface area contributed by atoms with Crippen molar-refractivity contribution in [3.8, 4) is 11.1 Å². The van der Waals surface area contributed by atoms with Crippen LogP contribution in [0.5, 0.6) is 0 Å². The summed E-state index contributed by atoms with van der Waals surface area (Å²) in [5.41, 5.74) is 1.31. The van der Waals surface area contributed by atoms with Crippen molar-refractivity contribution in [2.45, 2.75) is 44.1 Å². The molecule has 2 heterocycles. The molecule has 2 aromatic carbocycles. The molecule has 0 radical (unpaired) electrons. The van der Waals surface area contributed by atoms with Crippen LogP contribution in [0.2, 0.25) is 0 Å². The molecule has 0 N–H and O–H groups in total. The Hall–Kier alpha value is -4.55. The summed E-state index contributed by atoms with van der Waals surface area (Å²) >= 11 is 0. The van der Waals surface area contributed by atoms with Crippen LogP contribution in [-0.2, 0) is 32.9 Å². The lowest BCUT2D eigenvalue weighted by Crippen LogP contribution is -2.51. The molecule has 0 unspecified atom stereocenters. The van der Waals surface area contributed by atoms with Crippen LogP contribution in [0.4, 0.5) is 28.3 Å². The van der Waals surface area contributed by atoms with Gasteiger partial charge in [0.05, 0.1) is 0 Å². The van der Waals surface area contributed by atoms with E-state index in [4.69, 9.17) is 4.74 Å². The number of imide groups is 1. The summed E-state index contributed by atoms with van der Waals surface area (Å²) in [4.78, 5) is 51.1. The molecule has 3 aromatic rings. The van der Waals surface area contributed by atoms with E-state index >= 15 is 0 Å². The number of aromatic nitrogens is 2. The van der Waals surface area contributed by atoms with Crippen LogP contribution in [0, 0.1) is 5.82 Å². The lowest BCUT2D eigenvalue weighted by molar-refractivity contribution is -0.187. The Kier molecular flexibility index (Phi) is 7.37. The van der Waals surface area contributed by atoms with Crippen LogP contribution in [0.25, 0.3) is 11.1 Å². The Labute approximate surface area is 238 Å². The molecule has 1 aliphatic carbocycles. The largest absolute Gasteiger partial charge is 0.427 e. The lowest BCUT2D eigenvalue weighted by Gasteiger charge is -2.31. The molecule has 42 heavy (non-hydrogen) atoms. The fourth-order valence-electron chi connectivity index (χ4n) is 5.16. The third-order valence-electron chi connectivity index (χ3n) is 7.55. The zero-order valence-corrected chi connectivity index (χ0v) is 23.0. The predicted octanol–water partition coefficient (Wildman–Crippen LogP) is 4.45. The number of hydrogen-bond donors (Lipinski definition) is 0. The molecule has 0 saturated carbocycles. The maximum Gasteiger partial charge on any atom is 0.418 e. The van der Waals surface area contributed by atoms with Crippen molar-refractivity contribution in [2.24, 2.45) is 0 Å². The molecule has 13 heteroatoms. The number of benzene rings is 2. The molecule has 2 aliphatic rings. The normalized spacial score (nSPS) is 18.7. The van der Waals surface area contributed by atoms with E-state index < -0.39 is 54.6 Å². The van der Waals surface area contributed by atoms with Gasteiger partial charge >= 0.3 is 12.3 Å². The summed E-state index contributed by atoms with van der Waals surface area (Å²) in [7, 11) is 3.64. The number of halogens is 4. The number of carbonyl (C=O) groups excluding carboxylic acids is 3. The Balaban J connectivity index is 1.37. The van der Waals surface area contributed by atoms with E-state index in [-0.39, 0.29) is 12.0 Å². The van der Waals surface area contributed by atoms with E-state index in [0.717, 1.165) is 35.7 Å². The molecule has 1 spiro atoms. The van der Waals surface area contributed by atoms with Crippen molar-refractivity contribution >= 4 is 23.9 Å². The van der Waals surface area contributed by atoms with E-state index in [1.165, 1.54) is 12.1 Å². The van der Waals surface area contributed by atoms with Crippen molar-refractivity contribution in [2.75, 3.05) is 25.5 Å². The number of anilines is 1. The van der Waals surface area contributed by atoms with Crippen molar-refractivity contribution in [3.05, 3.63) is 77.4 Å². The van der Waals surface area contributed by atoms with Gasteiger partial charge in [0.2, 0.25) is 17.5 Å². The average Bonchev–Trinajstić information content (AvgIpc) is 3.43. The Morgan fingerprint density at radius 1 is 1.07 bits per heavy atom. The first-order valence-electron chi connectivity index (χ1n) is 13.1. The molecule has 2 atom stereocenters. The summed E-state index contributed by atoms with van der Waals surface area (Å²) in [5, 5.41) is 0. The summed E-state index contributed by atoms with van der Waals surface area (Å²) in [6, 6.07) is 7.67. The first kappa shape index (κ1) is 29.0. The first-order valence-corrected chi connectivity index (χ1v) is 13.1. The van der Waals surface area contributed by atoms with Gasteiger partial charge in [-0.3, -0.25) is 9.59 Å². The standard InChI is InChI=1S/C29H27F4N5O4/c1-17(29(31,32)33)37(15-18-4-7-22(30)8-5-18)24(39)16-38-25(40)28(42-27(38)41)11-10-20-12-19(6-9-23(20)28)21-13-34-26(35-14-21)36(2)3/h4-9,12-14,17H,10-11,15-16H2,1-3H3/t17-,28-/m0/s1. The highest BCUT2D eigenvalue weighted by Crippen LogP contribution is 2.46. The average molecular weight is 586 g/mol. The summed E-state index contributed by atoms with van der Waals surface area (Å²) in [5.74, 6) is -1.97. The topological polar surface area (TPSA) is 95.9 Å². The SMILES string of the molecule is C[C@H](N(Cc1ccc(F)cc1)C(=O)CN1C(=O)O[C@]2(CCc3cc(-c4cnc(N(C)C)nc4)ccc32)C1=O)C(F)(F)F. The maximum atomic E-state index is 13.7. The zero-order chi connectivity index (χ0) is 30.4. The fourth-order valence-corrected chi connectivity index (χ4v) is 5.16. The van der Waals surface area contributed by atoms with Crippen molar-refractivity contribution in [1.82, 2.24) is 19.8 Å². The van der Waals surface area contributed by atoms with E-state index in [9.17, 15) is 31.9 Å². The van der Waals surface area contributed by atoms with E-state index in [1.807, 2.05) is 20.2 Å². The number of nitrogens with zero attached hydrogens (tertiary/aromatic N) is 5. The molecule has 0 bridgehead atoms. The quantitative estimate of drug-likeness (QED) is 0.378. The van der Waals surface area contributed by atoms with Crippen molar-refractivity contribution in [1.29, 1.82) is 0 Å². The van der Waals surface area contributed by atoms with E-state index in [1.54, 1.807) is 29.4 Å². The summed E-state index contributed by atoms with van der Waals surface area (Å²) in [6.07, 6.45) is -2.05. The van der Waals surface area contributed by atoms with E-state index in [0.29, 0.717) is 27.7 Å². The second kappa shape index (κ2) is 10.7. The van der Waals surface area contributed by atoms with Gasteiger partial charge in [0, 0.05) is 50.6 Å². The smallest absolute Gasteiger partial charge is 0.418 e.